The van der Waals surface area contributed by atoms with E-state index in [1.54, 1.807) is 12.3 Å². The Morgan fingerprint density at radius 2 is 2.37 bits per heavy atom. The molecule has 1 fully saturated rings. The maximum absolute atomic E-state index is 8.92. The number of ether oxygens (including phenoxy) is 1. The van der Waals surface area contributed by atoms with Gasteiger partial charge >= 0.3 is 0 Å². The summed E-state index contributed by atoms with van der Waals surface area (Å²) in [4.78, 5) is 7.68. The molecule has 5 nitrogen and oxygen atoms in total. The van der Waals surface area contributed by atoms with Gasteiger partial charge in [-0.3, -0.25) is 0 Å². The van der Waals surface area contributed by atoms with Crippen molar-refractivity contribution in [2.75, 3.05) is 19.8 Å². The van der Waals surface area contributed by atoms with Crippen molar-refractivity contribution in [3.8, 4) is 17.3 Å². The van der Waals surface area contributed by atoms with Gasteiger partial charge in [-0.25, -0.2) is 4.98 Å². The number of hydrogen-bond donors (Lipinski definition) is 2. The van der Waals surface area contributed by atoms with E-state index in [0.717, 1.165) is 30.2 Å². The molecule has 1 atom stereocenters. The summed E-state index contributed by atoms with van der Waals surface area (Å²) >= 11 is 0. The number of morpholine rings is 1. The summed E-state index contributed by atoms with van der Waals surface area (Å²) in [6, 6.07) is 9.72. The fourth-order valence-corrected chi connectivity index (χ4v) is 2.16. The molecule has 1 aromatic carbocycles. The van der Waals surface area contributed by atoms with Gasteiger partial charge in [0.1, 0.15) is 5.82 Å². The first kappa shape index (κ1) is 11.9. The van der Waals surface area contributed by atoms with Gasteiger partial charge in [-0.2, -0.15) is 5.26 Å². The van der Waals surface area contributed by atoms with Crippen molar-refractivity contribution in [3.63, 3.8) is 0 Å². The lowest BCUT2D eigenvalue weighted by Crippen LogP contribution is -2.35. The average Bonchev–Trinajstić information content (AvgIpc) is 2.98. The van der Waals surface area contributed by atoms with Crippen LogP contribution in [0.5, 0.6) is 0 Å². The molecule has 0 bridgehead atoms. The average molecular weight is 254 g/mol. The smallest absolute Gasteiger partial charge is 0.126 e. The number of hydrogen-bond acceptors (Lipinski definition) is 4. The summed E-state index contributed by atoms with van der Waals surface area (Å²) in [6.45, 7) is 2.21. The first-order valence-electron chi connectivity index (χ1n) is 6.23. The molecule has 0 aliphatic carbocycles. The predicted molar refractivity (Wildman–Crippen MR) is 70.3 cm³/mol. The van der Waals surface area contributed by atoms with Gasteiger partial charge in [0.25, 0.3) is 0 Å². The van der Waals surface area contributed by atoms with Crippen LogP contribution in [0.3, 0.4) is 0 Å². The van der Waals surface area contributed by atoms with Gasteiger partial charge < -0.3 is 15.0 Å². The minimum atomic E-state index is 0.113. The maximum atomic E-state index is 8.92. The fraction of sp³-hybridized carbons (Fsp3) is 0.286. The second-order valence-electron chi connectivity index (χ2n) is 4.46. The predicted octanol–water partition coefficient (Wildman–Crippen LogP) is 1.61. The van der Waals surface area contributed by atoms with Crippen molar-refractivity contribution in [2.24, 2.45) is 0 Å². The van der Waals surface area contributed by atoms with E-state index in [4.69, 9.17) is 10.00 Å². The van der Waals surface area contributed by atoms with Crippen LogP contribution in [0.2, 0.25) is 0 Å². The van der Waals surface area contributed by atoms with Crippen molar-refractivity contribution < 1.29 is 4.74 Å². The Morgan fingerprint density at radius 1 is 1.42 bits per heavy atom. The molecular formula is C14H14N4O. The van der Waals surface area contributed by atoms with Crippen LogP contribution in [0.15, 0.2) is 30.5 Å². The second kappa shape index (κ2) is 5.22. The van der Waals surface area contributed by atoms with E-state index in [1.165, 1.54) is 0 Å². The van der Waals surface area contributed by atoms with Crippen LogP contribution < -0.4 is 5.32 Å². The lowest BCUT2D eigenvalue weighted by molar-refractivity contribution is 0.0745. The molecule has 96 valence electrons. The number of H-pyrrole nitrogens is 1. The number of benzene rings is 1. The SMILES string of the molecule is N#Cc1cccc(-c2cnc(C3COCCN3)[nH]2)c1. The van der Waals surface area contributed by atoms with E-state index in [-0.39, 0.29) is 6.04 Å². The summed E-state index contributed by atoms with van der Waals surface area (Å²) in [6.07, 6.45) is 1.79. The number of nitrogens with one attached hydrogen (secondary N) is 2. The molecule has 1 aliphatic rings. The molecule has 2 N–H and O–H groups in total. The summed E-state index contributed by atoms with van der Waals surface area (Å²) in [5, 5.41) is 12.3. The van der Waals surface area contributed by atoms with Gasteiger partial charge in [-0.05, 0) is 12.1 Å². The zero-order valence-corrected chi connectivity index (χ0v) is 10.4. The topological polar surface area (TPSA) is 73.7 Å². The van der Waals surface area contributed by atoms with Crippen molar-refractivity contribution in [2.45, 2.75) is 6.04 Å². The maximum Gasteiger partial charge on any atom is 0.126 e. The van der Waals surface area contributed by atoms with Gasteiger partial charge in [0.2, 0.25) is 0 Å². The highest BCUT2D eigenvalue weighted by molar-refractivity contribution is 5.60. The van der Waals surface area contributed by atoms with E-state index in [9.17, 15) is 0 Å². The zero-order valence-electron chi connectivity index (χ0n) is 10.4. The van der Waals surface area contributed by atoms with Gasteiger partial charge in [0.15, 0.2) is 0 Å². The highest BCUT2D eigenvalue weighted by Crippen LogP contribution is 2.21. The highest BCUT2D eigenvalue weighted by Gasteiger charge is 2.18. The Bertz CT molecular complexity index is 608. The first-order chi connectivity index (χ1) is 9.36. The van der Waals surface area contributed by atoms with Crippen LogP contribution in [0.1, 0.15) is 17.4 Å². The van der Waals surface area contributed by atoms with Crippen molar-refractivity contribution >= 4 is 0 Å². The number of nitrogens with zero attached hydrogens (tertiary/aromatic N) is 2. The van der Waals surface area contributed by atoms with Crippen LogP contribution in [0.4, 0.5) is 0 Å². The molecule has 3 rings (SSSR count). The van der Waals surface area contributed by atoms with E-state index in [2.05, 4.69) is 21.4 Å². The van der Waals surface area contributed by atoms with Crippen molar-refractivity contribution in [1.82, 2.24) is 15.3 Å². The Balaban J connectivity index is 1.86. The molecule has 2 heterocycles. The molecule has 1 aromatic heterocycles. The third kappa shape index (κ3) is 2.50. The van der Waals surface area contributed by atoms with Crippen LogP contribution >= 0.6 is 0 Å². The quantitative estimate of drug-likeness (QED) is 0.854. The molecule has 0 radical (unpaired) electrons. The number of imidazole rings is 1. The summed E-state index contributed by atoms with van der Waals surface area (Å²) < 4.78 is 5.42. The monoisotopic (exact) mass is 254 g/mol. The fourth-order valence-electron chi connectivity index (χ4n) is 2.16. The summed E-state index contributed by atoms with van der Waals surface area (Å²) in [5.41, 5.74) is 2.53. The summed E-state index contributed by atoms with van der Waals surface area (Å²) in [7, 11) is 0. The number of rotatable bonds is 2. The highest BCUT2D eigenvalue weighted by atomic mass is 16.5. The van der Waals surface area contributed by atoms with Gasteiger partial charge in [0, 0.05) is 12.1 Å². The van der Waals surface area contributed by atoms with Crippen LogP contribution in [-0.4, -0.2) is 29.7 Å². The van der Waals surface area contributed by atoms with Crippen molar-refractivity contribution in [1.29, 1.82) is 5.26 Å². The molecular weight excluding hydrogens is 240 g/mol. The van der Waals surface area contributed by atoms with Gasteiger partial charge in [0.05, 0.1) is 42.8 Å². The zero-order chi connectivity index (χ0) is 13.1. The van der Waals surface area contributed by atoms with E-state index < -0.39 is 0 Å². The van der Waals surface area contributed by atoms with Crippen molar-refractivity contribution in [3.05, 3.63) is 41.9 Å². The Kier molecular flexibility index (Phi) is 3.27. The lowest BCUT2D eigenvalue weighted by Gasteiger charge is -2.21. The minimum absolute atomic E-state index is 0.113. The van der Waals surface area contributed by atoms with Gasteiger partial charge in [-0.15, -0.1) is 0 Å². The van der Waals surface area contributed by atoms with Crippen LogP contribution in [0, 0.1) is 11.3 Å². The van der Waals surface area contributed by atoms with Crippen LogP contribution in [-0.2, 0) is 4.74 Å². The van der Waals surface area contributed by atoms with Gasteiger partial charge in [-0.1, -0.05) is 12.1 Å². The largest absolute Gasteiger partial charge is 0.378 e. The molecule has 19 heavy (non-hydrogen) atoms. The molecule has 1 unspecified atom stereocenters. The normalized spacial score (nSPS) is 19.0. The minimum Gasteiger partial charge on any atom is -0.378 e. The van der Waals surface area contributed by atoms with E-state index >= 15 is 0 Å². The Hall–Kier alpha value is -2.16. The van der Waals surface area contributed by atoms with E-state index in [1.807, 2.05) is 18.2 Å². The molecule has 5 heteroatoms. The molecule has 2 aromatic rings. The number of aromatic nitrogens is 2. The second-order valence-corrected chi connectivity index (χ2v) is 4.46. The summed E-state index contributed by atoms with van der Waals surface area (Å²) in [5.74, 6) is 0.872. The third-order valence-corrected chi connectivity index (χ3v) is 3.15. The van der Waals surface area contributed by atoms with E-state index in [0.29, 0.717) is 12.2 Å². The molecule has 0 amide bonds. The number of nitriles is 1. The first-order valence-corrected chi connectivity index (χ1v) is 6.23. The standard InChI is InChI=1S/C14H14N4O/c15-7-10-2-1-3-11(6-10)12-8-17-14(18-12)13-9-19-5-4-16-13/h1-3,6,8,13,16H,4-5,9H2,(H,17,18). The Labute approximate surface area is 111 Å². The Morgan fingerprint density at radius 3 is 3.16 bits per heavy atom. The number of aromatic amines is 1. The molecule has 0 spiro atoms. The third-order valence-electron chi connectivity index (χ3n) is 3.15. The molecule has 0 saturated carbocycles. The molecule has 1 aliphatic heterocycles. The molecule has 1 saturated heterocycles. The van der Waals surface area contributed by atoms with Crippen LogP contribution in [0.25, 0.3) is 11.3 Å². The lowest BCUT2D eigenvalue weighted by atomic mass is 10.1.